The van der Waals surface area contributed by atoms with Crippen molar-refractivity contribution in [1.82, 2.24) is 24.7 Å². The van der Waals surface area contributed by atoms with Crippen molar-refractivity contribution in [2.75, 3.05) is 26.2 Å². The van der Waals surface area contributed by atoms with Gasteiger partial charge in [0.1, 0.15) is 6.04 Å². The molecule has 0 radical (unpaired) electrons. The third kappa shape index (κ3) is 8.60. The van der Waals surface area contributed by atoms with Crippen LogP contribution in [0.2, 0.25) is 0 Å². The van der Waals surface area contributed by atoms with Crippen molar-refractivity contribution in [2.45, 2.75) is 82.0 Å². The number of hydrogen-bond acceptors (Lipinski definition) is 7. The average molecular weight is 798 g/mol. The smallest absolute Gasteiger partial charge is 0.392 e. The number of hydrogen-bond donors (Lipinski definition) is 3. The van der Waals surface area contributed by atoms with Gasteiger partial charge in [0.2, 0.25) is 5.91 Å². The molecule has 2 amide bonds. The van der Waals surface area contributed by atoms with Gasteiger partial charge >= 0.3 is 17.8 Å². The summed E-state index contributed by atoms with van der Waals surface area (Å²) in [6.45, 7) is 2.24. The Hall–Kier alpha value is -5.28. The highest BCUT2D eigenvalue weighted by Crippen LogP contribution is 2.40. The Morgan fingerprint density at radius 1 is 0.828 bits per heavy atom. The van der Waals surface area contributed by atoms with Crippen molar-refractivity contribution < 1.29 is 37.3 Å². The quantitative estimate of drug-likeness (QED) is 0.147. The lowest BCUT2D eigenvalue weighted by molar-refractivity contribution is -0.253. The minimum absolute atomic E-state index is 0.0523. The Morgan fingerprint density at radius 3 is 2.33 bits per heavy atom. The van der Waals surface area contributed by atoms with Crippen molar-refractivity contribution >= 4 is 22.8 Å². The second-order valence-corrected chi connectivity index (χ2v) is 15.4. The molecule has 3 fully saturated rings. The van der Waals surface area contributed by atoms with Crippen molar-refractivity contribution in [3.8, 4) is 11.1 Å². The molecule has 4 aromatic carbocycles. The van der Waals surface area contributed by atoms with Crippen LogP contribution in [0, 0.1) is 0 Å². The molecule has 0 saturated carbocycles. The van der Waals surface area contributed by atoms with E-state index in [4.69, 9.17) is 9.47 Å². The van der Waals surface area contributed by atoms with Crippen molar-refractivity contribution in [2.24, 2.45) is 0 Å². The molecule has 3 aliphatic heterocycles. The first-order valence-electron chi connectivity index (χ1n) is 19.8. The van der Waals surface area contributed by atoms with Crippen molar-refractivity contribution in [3.63, 3.8) is 0 Å². The number of aliphatic hydroxyl groups excluding tert-OH is 1. The lowest BCUT2D eigenvalue weighted by atomic mass is 9.97. The zero-order chi connectivity index (χ0) is 40.4. The number of amides is 2. The molecule has 304 valence electrons. The first kappa shape index (κ1) is 39.5. The molecule has 14 heteroatoms. The van der Waals surface area contributed by atoms with Gasteiger partial charge < -0.3 is 34.7 Å². The molecule has 4 atom stereocenters. The van der Waals surface area contributed by atoms with Gasteiger partial charge in [-0.15, -0.1) is 0 Å². The number of halogens is 3. The molecule has 8 rings (SSSR count). The Bertz CT molecular complexity index is 2300. The third-order valence-corrected chi connectivity index (χ3v) is 11.6. The number of aromatic nitrogens is 2. The molecular formula is C44H46F3N5O6. The number of carbonyl (C=O) groups is 2. The van der Waals surface area contributed by atoms with E-state index in [1.807, 2.05) is 102 Å². The monoisotopic (exact) mass is 797 g/mol. The van der Waals surface area contributed by atoms with Crippen LogP contribution in [-0.2, 0) is 32.2 Å². The average Bonchev–Trinajstić information content (AvgIpc) is 3.87. The van der Waals surface area contributed by atoms with Gasteiger partial charge in [-0.3, -0.25) is 14.2 Å². The zero-order valence-corrected chi connectivity index (χ0v) is 31.9. The second-order valence-electron chi connectivity index (χ2n) is 15.4. The molecule has 4 heterocycles. The van der Waals surface area contributed by atoms with Crippen LogP contribution in [0.5, 0.6) is 0 Å². The minimum atomic E-state index is -5.03. The summed E-state index contributed by atoms with van der Waals surface area (Å²) >= 11 is 0. The number of likely N-dealkylation sites (tertiary alicyclic amines) is 2. The van der Waals surface area contributed by atoms with Crippen LogP contribution in [0.1, 0.15) is 72.8 Å². The SMILES string of the molecule is O=C(NCc1cccc(-c2cccc(C3OC(CN4CCC(n5c(=O)[nH]c6ccccc65)CC4)CC(c4ccc(CO)cc4)O3)c2)c1)C1CCCN1C(=O)C(F)(F)F. The molecule has 3 saturated heterocycles. The number of alkyl halides is 3. The number of piperidine rings is 1. The van der Waals surface area contributed by atoms with E-state index >= 15 is 0 Å². The van der Waals surface area contributed by atoms with Crippen LogP contribution in [-0.4, -0.2) is 80.8 Å². The zero-order valence-electron chi connectivity index (χ0n) is 31.9. The Balaban J connectivity index is 0.956. The number of aromatic amines is 1. The molecule has 5 aromatic rings. The number of rotatable bonds is 10. The number of nitrogens with one attached hydrogen (secondary N) is 2. The van der Waals surface area contributed by atoms with E-state index in [1.54, 1.807) is 0 Å². The van der Waals surface area contributed by atoms with Crippen LogP contribution < -0.4 is 11.0 Å². The van der Waals surface area contributed by atoms with Crippen LogP contribution in [0.3, 0.4) is 0 Å². The summed E-state index contributed by atoms with van der Waals surface area (Å²) in [6.07, 6.45) is -3.34. The fraction of sp³-hybridized carbons (Fsp3) is 0.386. The van der Waals surface area contributed by atoms with Crippen LogP contribution in [0.25, 0.3) is 22.2 Å². The first-order valence-corrected chi connectivity index (χ1v) is 19.8. The van der Waals surface area contributed by atoms with Crippen LogP contribution in [0.15, 0.2) is 102 Å². The molecule has 3 aliphatic rings. The van der Waals surface area contributed by atoms with E-state index in [0.29, 0.717) is 24.3 Å². The van der Waals surface area contributed by atoms with E-state index in [-0.39, 0.29) is 50.1 Å². The number of benzene rings is 4. The van der Waals surface area contributed by atoms with E-state index in [0.717, 1.165) is 70.3 Å². The first-order chi connectivity index (χ1) is 28.0. The Kier molecular flexibility index (Phi) is 11.5. The van der Waals surface area contributed by atoms with E-state index in [2.05, 4.69) is 15.2 Å². The fourth-order valence-electron chi connectivity index (χ4n) is 8.60. The highest BCUT2D eigenvalue weighted by atomic mass is 19.4. The number of aliphatic hydroxyl groups is 1. The predicted octanol–water partition coefficient (Wildman–Crippen LogP) is 6.54. The van der Waals surface area contributed by atoms with E-state index in [9.17, 15) is 32.7 Å². The molecule has 3 N–H and O–H groups in total. The van der Waals surface area contributed by atoms with Gasteiger partial charge in [-0.25, -0.2) is 4.79 Å². The van der Waals surface area contributed by atoms with E-state index in [1.165, 1.54) is 0 Å². The standard InChI is InChI=1S/C44H46F3N5O6/c45-44(46,47)42(55)51-19-5-12-38(51)40(54)48-25-29-6-3-7-31(22-29)32-8-4-9-33(23-32)41-57-35(24-39(58-41)30-15-13-28(27-53)14-16-30)26-50-20-17-34(18-21-50)52-37-11-2-1-10-36(37)49-43(52)56/h1-4,6-11,13-16,22-23,34-35,38-39,41,53H,5,12,17-21,24-27H2,(H,48,54)(H,49,56). The number of carbonyl (C=O) groups excluding carboxylic acids is 2. The highest BCUT2D eigenvalue weighted by molar-refractivity contribution is 5.90. The Morgan fingerprint density at radius 2 is 1.57 bits per heavy atom. The van der Waals surface area contributed by atoms with Crippen molar-refractivity contribution in [3.05, 3.63) is 130 Å². The maximum Gasteiger partial charge on any atom is 0.471 e. The summed E-state index contributed by atoms with van der Waals surface area (Å²) in [7, 11) is 0. The number of para-hydroxylation sites is 2. The van der Waals surface area contributed by atoms with Crippen molar-refractivity contribution in [1.29, 1.82) is 0 Å². The maximum absolute atomic E-state index is 13.1. The molecule has 0 aliphatic carbocycles. The predicted molar refractivity (Wildman–Crippen MR) is 210 cm³/mol. The molecule has 0 bridgehead atoms. The largest absolute Gasteiger partial charge is 0.471 e. The fourth-order valence-corrected chi connectivity index (χ4v) is 8.60. The van der Waals surface area contributed by atoms with Gasteiger partial charge in [0.15, 0.2) is 6.29 Å². The summed E-state index contributed by atoms with van der Waals surface area (Å²) in [6, 6.07) is 29.9. The summed E-state index contributed by atoms with van der Waals surface area (Å²) in [5.74, 6) is -2.60. The maximum atomic E-state index is 13.1. The second kappa shape index (κ2) is 16.9. The molecule has 1 aromatic heterocycles. The summed E-state index contributed by atoms with van der Waals surface area (Å²) in [5, 5.41) is 12.4. The summed E-state index contributed by atoms with van der Waals surface area (Å²) < 4.78 is 54.6. The summed E-state index contributed by atoms with van der Waals surface area (Å²) in [4.78, 5) is 43.7. The highest BCUT2D eigenvalue weighted by Gasteiger charge is 2.47. The number of fused-ring (bicyclic) bond motifs is 1. The van der Waals surface area contributed by atoms with Gasteiger partial charge in [-0.1, -0.05) is 72.8 Å². The number of imidazole rings is 1. The van der Waals surface area contributed by atoms with Gasteiger partial charge in [-0.2, -0.15) is 13.2 Å². The number of H-pyrrole nitrogens is 1. The van der Waals surface area contributed by atoms with E-state index < -0.39 is 30.3 Å². The van der Waals surface area contributed by atoms with Gasteiger partial charge in [0.25, 0.3) is 0 Å². The lowest BCUT2D eigenvalue weighted by Gasteiger charge is -2.40. The third-order valence-electron chi connectivity index (χ3n) is 11.6. The minimum Gasteiger partial charge on any atom is -0.392 e. The molecular weight excluding hydrogens is 752 g/mol. The molecule has 58 heavy (non-hydrogen) atoms. The Labute approximate surface area is 333 Å². The molecule has 0 spiro atoms. The van der Waals surface area contributed by atoms with Crippen LogP contribution >= 0.6 is 0 Å². The normalized spacial score (nSPS) is 22.0. The molecule has 11 nitrogen and oxygen atoms in total. The van der Waals surface area contributed by atoms with Gasteiger partial charge in [-0.05, 0) is 77.8 Å². The van der Waals surface area contributed by atoms with Gasteiger partial charge in [0, 0.05) is 50.7 Å². The lowest BCUT2D eigenvalue weighted by Crippen LogP contribution is -2.50. The number of nitrogens with zero attached hydrogens (tertiary/aromatic N) is 3. The summed E-state index contributed by atoms with van der Waals surface area (Å²) in [5.41, 5.74) is 6.81. The topological polar surface area (TPSA) is 129 Å². The molecule has 4 unspecified atom stereocenters. The number of ether oxygens (including phenoxy) is 2. The van der Waals surface area contributed by atoms with Crippen LogP contribution in [0.4, 0.5) is 13.2 Å². The van der Waals surface area contributed by atoms with Gasteiger partial charge in [0.05, 0.1) is 29.8 Å².